The van der Waals surface area contributed by atoms with Crippen LogP contribution in [0.15, 0.2) is 12.3 Å². The van der Waals surface area contributed by atoms with Gasteiger partial charge in [-0.2, -0.15) is 9.61 Å². The van der Waals surface area contributed by atoms with Crippen LogP contribution in [0.25, 0.3) is 5.65 Å². The average molecular weight is 416 g/mol. The van der Waals surface area contributed by atoms with Gasteiger partial charge in [0.1, 0.15) is 22.1 Å². The number of nitrogens with zero attached hydrogens (tertiary/aromatic N) is 4. The Labute approximate surface area is 164 Å². The molecule has 3 rings (SSSR count). The van der Waals surface area contributed by atoms with Gasteiger partial charge in [-0.3, -0.25) is 9.69 Å². The van der Waals surface area contributed by atoms with Crippen molar-refractivity contribution in [1.29, 1.82) is 0 Å². The molecule has 0 unspecified atom stereocenters. The summed E-state index contributed by atoms with van der Waals surface area (Å²) in [5.74, 6) is -3.46. The zero-order chi connectivity index (χ0) is 20.9. The van der Waals surface area contributed by atoms with Crippen LogP contribution in [0.4, 0.5) is 19.4 Å². The Bertz CT molecular complexity index is 941. The van der Waals surface area contributed by atoms with Crippen LogP contribution in [0, 0.1) is 0 Å². The van der Waals surface area contributed by atoms with Crippen molar-refractivity contribution in [1.82, 2.24) is 19.9 Å². The van der Waals surface area contributed by atoms with Crippen molar-refractivity contribution in [2.24, 2.45) is 0 Å². The van der Waals surface area contributed by atoms with Crippen LogP contribution in [0.5, 0.6) is 0 Å². The molecule has 1 atom stereocenters. The van der Waals surface area contributed by atoms with Crippen LogP contribution < -0.4 is 10.2 Å². The van der Waals surface area contributed by atoms with Gasteiger partial charge >= 0.3 is 6.09 Å². The van der Waals surface area contributed by atoms with E-state index in [1.807, 2.05) is 0 Å². The number of amides is 2. The number of rotatable bonds is 3. The minimum absolute atomic E-state index is 0.00133. The first-order valence-corrected chi connectivity index (χ1v) is 8.96. The highest BCUT2D eigenvalue weighted by Crippen LogP contribution is 2.37. The highest BCUT2D eigenvalue weighted by molar-refractivity contribution is 6.30. The molecule has 11 heteroatoms. The topological polar surface area (TPSA) is 88.8 Å². The minimum atomic E-state index is -2.92. The van der Waals surface area contributed by atoms with Gasteiger partial charge in [-0.1, -0.05) is 11.6 Å². The van der Waals surface area contributed by atoms with E-state index >= 15 is 0 Å². The van der Waals surface area contributed by atoms with E-state index in [-0.39, 0.29) is 35.0 Å². The Kier molecular flexibility index (Phi) is 4.95. The first kappa shape index (κ1) is 20.2. The van der Waals surface area contributed by atoms with E-state index in [1.165, 1.54) is 28.7 Å². The van der Waals surface area contributed by atoms with E-state index < -0.39 is 29.6 Å². The summed E-state index contributed by atoms with van der Waals surface area (Å²) in [6.45, 7) is 5.17. The molecule has 8 nitrogen and oxygen atoms in total. The number of aromatic nitrogens is 3. The second-order valence-corrected chi connectivity index (χ2v) is 7.98. The predicted octanol–water partition coefficient (Wildman–Crippen LogP) is 3.28. The average Bonchev–Trinajstić information content (AvgIpc) is 2.99. The number of anilines is 1. The van der Waals surface area contributed by atoms with Crippen molar-refractivity contribution < 1.29 is 23.1 Å². The van der Waals surface area contributed by atoms with Crippen LogP contribution in [0.3, 0.4) is 0 Å². The zero-order valence-corrected chi connectivity index (χ0v) is 16.5. The third-order valence-corrected chi connectivity index (χ3v) is 4.45. The Hall–Kier alpha value is -2.49. The maximum Gasteiger partial charge on any atom is 0.415 e. The summed E-state index contributed by atoms with van der Waals surface area (Å²) in [5.41, 5.74) is -0.702. The summed E-state index contributed by atoms with van der Waals surface area (Å²) in [6, 6.07) is 0.158. The highest BCUT2D eigenvalue weighted by Gasteiger charge is 2.49. The minimum Gasteiger partial charge on any atom is -0.443 e. The van der Waals surface area contributed by atoms with Crippen LogP contribution in [-0.4, -0.2) is 51.2 Å². The van der Waals surface area contributed by atoms with E-state index in [4.69, 9.17) is 16.3 Å². The van der Waals surface area contributed by atoms with Crippen LogP contribution in [-0.2, 0) is 4.74 Å². The molecule has 152 valence electrons. The summed E-state index contributed by atoms with van der Waals surface area (Å²) in [5, 5.41) is 6.36. The van der Waals surface area contributed by atoms with E-state index in [0.717, 1.165) is 0 Å². The van der Waals surface area contributed by atoms with Gasteiger partial charge in [0.05, 0.1) is 12.2 Å². The number of carbonyl (C=O) groups is 2. The van der Waals surface area contributed by atoms with E-state index in [0.29, 0.717) is 0 Å². The summed E-state index contributed by atoms with van der Waals surface area (Å²) in [6.07, 6.45) is 0.462. The number of halogens is 3. The molecule has 0 bridgehead atoms. The van der Waals surface area contributed by atoms with E-state index in [2.05, 4.69) is 15.4 Å². The van der Waals surface area contributed by atoms with Gasteiger partial charge < -0.3 is 10.1 Å². The van der Waals surface area contributed by atoms with Gasteiger partial charge in [-0.05, 0) is 27.2 Å². The Morgan fingerprint density at radius 1 is 1.43 bits per heavy atom. The van der Waals surface area contributed by atoms with Gasteiger partial charge in [0, 0.05) is 19.5 Å². The number of alkyl halides is 2. The maximum absolute atomic E-state index is 13.4. The van der Waals surface area contributed by atoms with Crippen molar-refractivity contribution in [2.45, 2.75) is 51.2 Å². The molecular weight excluding hydrogens is 396 g/mol. The lowest BCUT2D eigenvalue weighted by atomic mass is 9.88. The third kappa shape index (κ3) is 3.87. The van der Waals surface area contributed by atoms with Crippen molar-refractivity contribution >= 4 is 35.1 Å². The number of carbonyl (C=O) groups excluding carboxylic acids is 2. The standard InChI is InChI=1S/C17H20ClF2N5O3/c1-16(2,3)28-15(27)24(4)12-7-11(18)23-13-9(8-21-25(12)13)14(26)22-10-5-6-17(10,19)20/h7-8,10H,5-6H2,1-4H3,(H,22,26)/t10-/m0/s1. The number of hydrogen-bond acceptors (Lipinski definition) is 5. The van der Waals surface area contributed by atoms with Gasteiger partial charge in [0.25, 0.3) is 11.8 Å². The first-order valence-electron chi connectivity index (χ1n) is 8.59. The molecule has 0 spiro atoms. The molecule has 1 saturated carbocycles. The van der Waals surface area contributed by atoms with Gasteiger partial charge in [0.2, 0.25) is 0 Å². The Morgan fingerprint density at radius 3 is 2.64 bits per heavy atom. The van der Waals surface area contributed by atoms with E-state index in [9.17, 15) is 18.4 Å². The molecule has 1 aliphatic carbocycles. The van der Waals surface area contributed by atoms with Gasteiger partial charge in [-0.25, -0.2) is 18.6 Å². The van der Waals surface area contributed by atoms with Crippen LogP contribution >= 0.6 is 11.6 Å². The van der Waals surface area contributed by atoms with Crippen molar-refractivity contribution in [3.8, 4) is 0 Å². The largest absolute Gasteiger partial charge is 0.443 e. The number of nitrogens with one attached hydrogen (secondary N) is 1. The van der Waals surface area contributed by atoms with Crippen LogP contribution in [0.2, 0.25) is 5.15 Å². The quantitative estimate of drug-likeness (QED) is 0.777. The molecule has 0 aliphatic heterocycles. The van der Waals surface area contributed by atoms with E-state index in [1.54, 1.807) is 20.8 Å². The third-order valence-electron chi connectivity index (χ3n) is 4.26. The summed E-state index contributed by atoms with van der Waals surface area (Å²) in [7, 11) is 1.45. The molecule has 1 N–H and O–H groups in total. The summed E-state index contributed by atoms with van der Waals surface area (Å²) < 4.78 is 33.4. The number of ether oxygens (including phenoxy) is 1. The second-order valence-electron chi connectivity index (χ2n) is 7.60. The lowest BCUT2D eigenvalue weighted by Gasteiger charge is -2.36. The monoisotopic (exact) mass is 415 g/mol. The van der Waals surface area contributed by atoms with Crippen molar-refractivity contribution in [3.63, 3.8) is 0 Å². The fraction of sp³-hybridized carbons (Fsp3) is 0.529. The SMILES string of the molecule is CN(C(=O)OC(C)(C)C)c1cc(Cl)nc2c(C(=O)N[C@H]3CCC3(F)F)cnn12. The highest BCUT2D eigenvalue weighted by atomic mass is 35.5. The van der Waals surface area contributed by atoms with Crippen LogP contribution in [0.1, 0.15) is 44.0 Å². The summed E-state index contributed by atoms with van der Waals surface area (Å²) in [4.78, 5) is 30.0. The molecule has 2 aromatic heterocycles. The molecule has 2 heterocycles. The molecule has 28 heavy (non-hydrogen) atoms. The molecular formula is C17H20ClF2N5O3. The first-order chi connectivity index (χ1) is 12.9. The molecule has 1 aliphatic rings. The normalized spacial score (nSPS) is 18.5. The number of fused-ring (bicyclic) bond motifs is 1. The second kappa shape index (κ2) is 6.84. The Morgan fingerprint density at radius 2 is 2.11 bits per heavy atom. The molecule has 1 fully saturated rings. The predicted molar refractivity (Wildman–Crippen MR) is 98.1 cm³/mol. The fourth-order valence-electron chi connectivity index (χ4n) is 2.66. The number of hydrogen-bond donors (Lipinski definition) is 1. The lowest BCUT2D eigenvalue weighted by molar-refractivity contribution is -0.102. The van der Waals surface area contributed by atoms with Crippen molar-refractivity contribution in [2.75, 3.05) is 11.9 Å². The van der Waals surface area contributed by atoms with Gasteiger partial charge in [0.15, 0.2) is 5.65 Å². The zero-order valence-electron chi connectivity index (χ0n) is 15.8. The van der Waals surface area contributed by atoms with Gasteiger partial charge in [-0.15, -0.1) is 0 Å². The smallest absolute Gasteiger partial charge is 0.415 e. The molecule has 2 amide bonds. The molecule has 0 radical (unpaired) electrons. The molecule has 2 aromatic rings. The lowest BCUT2D eigenvalue weighted by Crippen LogP contribution is -2.55. The Balaban J connectivity index is 1.92. The maximum atomic E-state index is 13.4. The molecule has 0 aromatic carbocycles. The molecule has 0 saturated heterocycles. The fourth-order valence-corrected chi connectivity index (χ4v) is 2.84. The van der Waals surface area contributed by atoms with Crippen molar-refractivity contribution in [3.05, 3.63) is 23.0 Å². The summed E-state index contributed by atoms with van der Waals surface area (Å²) >= 11 is 6.05.